The van der Waals surface area contributed by atoms with Gasteiger partial charge in [0.2, 0.25) is 11.8 Å². The number of likely N-dealkylation sites (tertiary alicyclic amines) is 1. The topological polar surface area (TPSA) is 110 Å². The second-order valence-electron chi connectivity index (χ2n) is 15.2. The Bertz CT molecular complexity index is 1170. The van der Waals surface area contributed by atoms with Crippen molar-refractivity contribution < 1.29 is 28.3 Å². The highest BCUT2D eigenvalue weighted by molar-refractivity contribution is 7.09. The Morgan fingerprint density at radius 3 is 2.21 bits per heavy atom. The summed E-state index contributed by atoms with van der Waals surface area (Å²) in [5, 5.41) is 5.75. The van der Waals surface area contributed by atoms with Gasteiger partial charge in [0.05, 0.1) is 18.8 Å². The number of nitrogens with one attached hydrogen (secondary N) is 1. The van der Waals surface area contributed by atoms with E-state index in [4.69, 9.17) is 18.9 Å². The fourth-order valence-corrected chi connectivity index (χ4v) is 10.8. The first-order valence-electron chi connectivity index (χ1n) is 20.6. The van der Waals surface area contributed by atoms with E-state index in [1.165, 1.54) is 11.3 Å². The van der Waals surface area contributed by atoms with Gasteiger partial charge in [-0.1, -0.05) is 101 Å². The smallest absolute Gasteiger partial charge is 0.357 e. The van der Waals surface area contributed by atoms with Crippen LogP contribution in [0.25, 0.3) is 0 Å². The molecule has 10 nitrogen and oxygen atoms in total. The van der Waals surface area contributed by atoms with Crippen molar-refractivity contribution in [2.24, 2.45) is 11.8 Å². The number of carbonyl (C=O) groups is 3. The van der Waals surface area contributed by atoms with E-state index in [0.29, 0.717) is 25.3 Å². The number of carbonyl (C=O) groups excluding carboxylic acids is 3. The van der Waals surface area contributed by atoms with Gasteiger partial charge < -0.3 is 24.1 Å². The fourth-order valence-electron chi connectivity index (χ4n) is 7.06. The molecular weight excluding hydrogens is 693 g/mol. The average molecular weight is 767 g/mol. The van der Waals surface area contributed by atoms with Crippen molar-refractivity contribution in [2.45, 2.75) is 175 Å². The Balaban J connectivity index is 2.54. The lowest BCUT2D eigenvalue weighted by Crippen LogP contribution is -2.59. The molecule has 0 spiro atoms. The van der Waals surface area contributed by atoms with Crippen molar-refractivity contribution in [1.29, 1.82) is 0 Å². The Morgan fingerprint density at radius 1 is 0.981 bits per heavy atom. The lowest BCUT2D eigenvalue weighted by atomic mass is 9.92. The standard InChI is InChI=1S/C40H74N4O6SSi/c1-11-17-21-25-48-29-44(39(46)36(31(9)13-3)42-37(45)33-23-19-20-24-43(33)10)34(30(7)8)27-35(50-52(14-4,15-5)16-6)38-41-32(28-51-38)40(47)49-26-22-18-12-2/h28,30-31,33-36H,11-27,29H2,1-10H3,(H,42,45)/t31-,33+,34+,35+,36-/m0/s1. The molecule has 5 atom stereocenters. The van der Waals surface area contributed by atoms with E-state index in [-0.39, 0.29) is 42.5 Å². The number of esters is 1. The Morgan fingerprint density at radius 2 is 1.63 bits per heavy atom. The average Bonchev–Trinajstić information content (AvgIpc) is 3.65. The second-order valence-corrected chi connectivity index (χ2v) is 20.8. The van der Waals surface area contributed by atoms with Gasteiger partial charge in [0.1, 0.15) is 17.8 Å². The van der Waals surface area contributed by atoms with Gasteiger partial charge in [0.25, 0.3) is 0 Å². The third-order valence-corrected chi connectivity index (χ3v) is 16.8. The Hall–Kier alpha value is -1.86. The van der Waals surface area contributed by atoms with E-state index in [0.717, 1.165) is 93.9 Å². The lowest BCUT2D eigenvalue weighted by Gasteiger charge is -2.41. The summed E-state index contributed by atoms with van der Waals surface area (Å²) in [6.45, 7) is 21.3. The minimum Gasteiger partial charge on any atom is -0.461 e. The number of likely N-dealkylation sites (N-methyl/N-ethyl adjacent to an activating group) is 1. The van der Waals surface area contributed by atoms with Crippen molar-refractivity contribution in [3.63, 3.8) is 0 Å². The van der Waals surface area contributed by atoms with Crippen LogP contribution in [-0.2, 0) is 23.5 Å². The van der Waals surface area contributed by atoms with Crippen LogP contribution in [0.5, 0.6) is 0 Å². The summed E-state index contributed by atoms with van der Waals surface area (Å²) in [5.41, 5.74) is 0.308. The Kier molecular flexibility index (Phi) is 21.8. The minimum atomic E-state index is -2.15. The van der Waals surface area contributed by atoms with Gasteiger partial charge in [0, 0.05) is 18.0 Å². The normalized spacial score (nSPS) is 17.8. The van der Waals surface area contributed by atoms with Crippen molar-refractivity contribution in [1.82, 2.24) is 20.1 Å². The molecule has 0 bridgehead atoms. The van der Waals surface area contributed by atoms with Gasteiger partial charge >= 0.3 is 5.97 Å². The summed E-state index contributed by atoms with van der Waals surface area (Å²) in [5.74, 6) is -0.618. The monoisotopic (exact) mass is 767 g/mol. The molecule has 1 aliphatic heterocycles. The molecule has 1 saturated heterocycles. The number of aromatic nitrogens is 1. The highest BCUT2D eigenvalue weighted by Gasteiger charge is 2.40. The number of hydrogen-bond acceptors (Lipinski definition) is 9. The molecule has 300 valence electrons. The number of rotatable bonds is 26. The highest BCUT2D eigenvalue weighted by Crippen LogP contribution is 2.37. The predicted octanol–water partition coefficient (Wildman–Crippen LogP) is 8.98. The third kappa shape index (κ3) is 14.1. The van der Waals surface area contributed by atoms with Crippen LogP contribution >= 0.6 is 11.3 Å². The van der Waals surface area contributed by atoms with Crippen molar-refractivity contribution in [3.8, 4) is 0 Å². The largest absolute Gasteiger partial charge is 0.461 e. The summed E-state index contributed by atoms with van der Waals surface area (Å²) < 4.78 is 19.0. The molecule has 0 aliphatic carbocycles. The van der Waals surface area contributed by atoms with Crippen molar-refractivity contribution in [3.05, 3.63) is 16.1 Å². The van der Waals surface area contributed by atoms with Crippen LogP contribution in [-0.4, -0.2) is 92.5 Å². The van der Waals surface area contributed by atoms with E-state index in [1.54, 1.807) is 5.38 Å². The number of amides is 2. The zero-order valence-electron chi connectivity index (χ0n) is 34.5. The lowest BCUT2D eigenvalue weighted by molar-refractivity contribution is -0.149. The van der Waals surface area contributed by atoms with Gasteiger partial charge in [-0.15, -0.1) is 11.3 Å². The van der Waals surface area contributed by atoms with Gasteiger partial charge in [-0.25, -0.2) is 9.78 Å². The van der Waals surface area contributed by atoms with Crippen LogP contribution in [0, 0.1) is 11.8 Å². The molecule has 1 aromatic heterocycles. The molecule has 1 aliphatic rings. The van der Waals surface area contributed by atoms with Crippen LogP contribution in [0.15, 0.2) is 5.38 Å². The van der Waals surface area contributed by atoms with Crippen LogP contribution in [0.2, 0.25) is 18.1 Å². The van der Waals surface area contributed by atoms with Crippen LogP contribution < -0.4 is 5.32 Å². The molecule has 52 heavy (non-hydrogen) atoms. The molecule has 1 aromatic rings. The van der Waals surface area contributed by atoms with Crippen LogP contribution in [0.4, 0.5) is 0 Å². The molecule has 1 fully saturated rings. The third-order valence-electron chi connectivity index (χ3n) is 11.2. The number of ether oxygens (including phenoxy) is 2. The second kappa shape index (κ2) is 24.5. The maximum Gasteiger partial charge on any atom is 0.357 e. The first-order valence-corrected chi connectivity index (χ1v) is 24.0. The van der Waals surface area contributed by atoms with E-state index < -0.39 is 26.4 Å². The van der Waals surface area contributed by atoms with Gasteiger partial charge in [0.15, 0.2) is 14.0 Å². The fraction of sp³-hybridized carbons (Fsp3) is 0.850. The number of unbranched alkanes of at least 4 members (excludes halogenated alkanes) is 4. The maximum absolute atomic E-state index is 14.9. The molecular formula is C40H74N4O6SSi. The van der Waals surface area contributed by atoms with Crippen molar-refractivity contribution in [2.75, 3.05) is 33.5 Å². The first kappa shape index (κ1) is 46.3. The maximum atomic E-state index is 14.9. The quantitative estimate of drug-likeness (QED) is 0.0431. The molecule has 0 aromatic carbocycles. The summed E-state index contributed by atoms with van der Waals surface area (Å²) in [7, 11) is -0.157. The number of piperidine rings is 1. The molecule has 12 heteroatoms. The van der Waals surface area contributed by atoms with E-state index in [9.17, 15) is 14.4 Å². The van der Waals surface area contributed by atoms with E-state index in [2.05, 4.69) is 65.6 Å². The summed E-state index contributed by atoms with van der Waals surface area (Å²) >= 11 is 1.43. The molecule has 0 radical (unpaired) electrons. The Labute approximate surface area is 321 Å². The van der Waals surface area contributed by atoms with E-state index >= 15 is 0 Å². The summed E-state index contributed by atoms with van der Waals surface area (Å²) in [4.78, 5) is 50.5. The zero-order valence-corrected chi connectivity index (χ0v) is 36.3. The summed E-state index contributed by atoms with van der Waals surface area (Å²) in [6.07, 6.45) is 9.67. The van der Waals surface area contributed by atoms with Crippen LogP contribution in [0.3, 0.4) is 0 Å². The minimum absolute atomic E-state index is 0.0518. The zero-order chi connectivity index (χ0) is 38.7. The molecule has 1 N–H and O–H groups in total. The predicted molar refractivity (Wildman–Crippen MR) is 215 cm³/mol. The van der Waals surface area contributed by atoms with Gasteiger partial charge in [-0.2, -0.15) is 0 Å². The summed E-state index contributed by atoms with van der Waals surface area (Å²) in [6, 6.07) is 1.69. The first-order chi connectivity index (χ1) is 24.9. The van der Waals surface area contributed by atoms with Gasteiger partial charge in [-0.3, -0.25) is 14.5 Å². The molecule has 0 saturated carbocycles. The SMILES string of the molecule is CCCCCOCN(C(=O)[C@@H](NC(=O)[C@H]1CCCCN1C)[C@@H](C)CC)[C@H](C[C@@H](O[Si](CC)(CC)CC)c1nc(C(=O)OCCCCC)cs1)C(C)C. The number of hydrogen-bond donors (Lipinski definition) is 1. The number of nitrogens with zero attached hydrogens (tertiary/aromatic N) is 3. The molecule has 2 heterocycles. The van der Waals surface area contributed by atoms with Crippen LogP contribution in [0.1, 0.15) is 155 Å². The highest BCUT2D eigenvalue weighted by atomic mass is 32.1. The molecule has 2 rings (SSSR count). The van der Waals surface area contributed by atoms with Crippen molar-refractivity contribution >= 4 is 37.4 Å². The van der Waals surface area contributed by atoms with Gasteiger partial charge in [-0.05, 0) is 75.7 Å². The molecule has 0 unspecified atom stereocenters. The van der Waals surface area contributed by atoms with E-state index in [1.807, 2.05) is 18.9 Å². The molecule has 2 amide bonds. The number of thiazole rings is 1.